The van der Waals surface area contributed by atoms with Gasteiger partial charge < -0.3 is 14.9 Å². The molecule has 0 radical (unpaired) electrons. The van der Waals surface area contributed by atoms with Crippen LogP contribution in [-0.4, -0.2) is 36.6 Å². The summed E-state index contributed by atoms with van der Waals surface area (Å²) in [7, 11) is 0. The summed E-state index contributed by atoms with van der Waals surface area (Å²) in [5, 5.41) is 9.13. The minimum absolute atomic E-state index is 0.101. The first kappa shape index (κ1) is 17.6. The molecule has 0 bridgehead atoms. The van der Waals surface area contributed by atoms with Gasteiger partial charge in [-0.05, 0) is 37.5 Å². The van der Waals surface area contributed by atoms with Gasteiger partial charge in [0.15, 0.2) is 0 Å². The van der Waals surface area contributed by atoms with E-state index in [0.717, 1.165) is 31.4 Å². The molecule has 0 unspecified atom stereocenters. The first-order chi connectivity index (χ1) is 11.8. The molecule has 5 nitrogen and oxygen atoms in total. The maximum absolute atomic E-state index is 13.1. The zero-order chi connectivity index (χ0) is 18.2. The molecule has 8 heteroatoms. The zero-order valence-electron chi connectivity index (χ0n) is 13.6. The van der Waals surface area contributed by atoms with E-state index in [1.165, 1.54) is 11.0 Å². The first-order valence-corrected chi connectivity index (χ1v) is 8.27. The number of alkyl halides is 3. The van der Waals surface area contributed by atoms with Crippen molar-refractivity contribution in [1.82, 2.24) is 0 Å². The average Bonchev–Trinajstić information content (AvgIpc) is 2.96. The number of benzene rings is 1. The Balaban J connectivity index is 2.01. The van der Waals surface area contributed by atoms with E-state index in [1.807, 2.05) is 4.90 Å². The molecule has 1 aromatic rings. The third-order valence-electron chi connectivity index (χ3n) is 4.76. The summed E-state index contributed by atoms with van der Waals surface area (Å²) in [6.45, 7) is 1.32. The second-order valence-electron chi connectivity index (χ2n) is 6.49. The van der Waals surface area contributed by atoms with Crippen molar-refractivity contribution in [2.45, 2.75) is 31.9 Å². The Morgan fingerprint density at radius 3 is 2.36 bits per heavy atom. The van der Waals surface area contributed by atoms with E-state index < -0.39 is 29.5 Å². The fourth-order valence-corrected chi connectivity index (χ4v) is 3.42. The van der Waals surface area contributed by atoms with Gasteiger partial charge >= 0.3 is 12.1 Å². The number of carbonyl (C=O) groups excluding carboxylic acids is 1. The normalized spacial score (nSPS) is 21.7. The van der Waals surface area contributed by atoms with Crippen LogP contribution < -0.4 is 9.80 Å². The van der Waals surface area contributed by atoms with E-state index in [9.17, 15) is 22.8 Å². The van der Waals surface area contributed by atoms with E-state index in [4.69, 9.17) is 5.11 Å². The third-order valence-corrected chi connectivity index (χ3v) is 4.76. The number of anilines is 2. The summed E-state index contributed by atoms with van der Waals surface area (Å²) in [4.78, 5) is 26.6. The third kappa shape index (κ3) is 3.57. The molecule has 0 aliphatic carbocycles. The predicted octanol–water partition coefficient (Wildman–Crippen LogP) is 3.13. The van der Waals surface area contributed by atoms with Crippen molar-refractivity contribution < 1.29 is 27.9 Å². The molecule has 3 rings (SSSR count). The van der Waals surface area contributed by atoms with Crippen LogP contribution in [0.5, 0.6) is 0 Å². The highest BCUT2D eigenvalue weighted by molar-refractivity contribution is 6.01. The molecule has 2 aliphatic rings. The standard InChI is InChI=1S/C17H19F3N2O3/c18-17(19,20)12-4-5-13(21-6-2-1-3-7-21)14(9-12)22-10-11(16(24)25)8-15(22)23/h4-5,9,11H,1-3,6-8,10H2,(H,24,25)/t11-/m0/s1. The minimum atomic E-state index is -4.52. The molecule has 25 heavy (non-hydrogen) atoms. The molecule has 1 aromatic carbocycles. The Labute approximate surface area is 143 Å². The zero-order valence-corrected chi connectivity index (χ0v) is 13.6. The molecule has 2 fully saturated rings. The van der Waals surface area contributed by atoms with Gasteiger partial charge in [-0.15, -0.1) is 0 Å². The highest BCUT2D eigenvalue weighted by atomic mass is 19.4. The molecule has 1 N–H and O–H groups in total. The number of carboxylic acid groups (broad SMARTS) is 1. The minimum Gasteiger partial charge on any atom is -0.481 e. The first-order valence-electron chi connectivity index (χ1n) is 8.27. The number of carboxylic acids is 1. The van der Waals surface area contributed by atoms with Crippen LogP contribution in [0.1, 0.15) is 31.2 Å². The van der Waals surface area contributed by atoms with Gasteiger partial charge in [0.05, 0.1) is 22.9 Å². The molecular formula is C17H19F3N2O3. The van der Waals surface area contributed by atoms with Gasteiger partial charge in [-0.3, -0.25) is 9.59 Å². The van der Waals surface area contributed by atoms with Crippen LogP contribution in [0.25, 0.3) is 0 Å². The maximum atomic E-state index is 13.1. The van der Waals surface area contributed by atoms with Crippen molar-refractivity contribution >= 4 is 23.3 Å². The number of hydrogen-bond donors (Lipinski definition) is 1. The SMILES string of the molecule is O=C(O)[C@H]1CC(=O)N(c2cc(C(F)(F)F)ccc2N2CCCCC2)C1. The molecular weight excluding hydrogens is 337 g/mol. The van der Waals surface area contributed by atoms with E-state index in [0.29, 0.717) is 18.8 Å². The molecule has 0 aromatic heterocycles. The highest BCUT2D eigenvalue weighted by Gasteiger charge is 2.38. The van der Waals surface area contributed by atoms with Gasteiger partial charge in [-0.25, -0.2) is 0 Å². The second kappa shape index (κ2) is 6.57. The van der Waals surface area contributed by atoms with E-state index in [-0.39, 0.29) is 18.7 Å². The van der Waals surface area contributed by atoms with Crippen molar-refractivity contribution in [2.75, 3.05) is 29.4 Å². The van der Waals surface area contributed by atoms with Gasteiger partial charge in [0.25, 0.3) is 0 Å². The molecule has 1 atom stereocenters. The molecule has 0 saturated carbocycles. The van der Waals surface area contributed by atoms with Gasteiger partial charge in [0, 0.05) is 26.1 Å². The van der Waals surface area contributed by atoms with Crippen molar-refractivity contribution in [3.63, 3.8) is 0 Å². The van der Waals surface area contributed by atoms with Crippen LogP contribution in [0, 0.1) is 5.92 Å². The fourth-order valence-electron chi connectivity index (χ4n) is 3.42. The summed E-state index contributed by atoms with van der Waals surface area (Å²) in [5.41, 5.74) is -0.118. The van der Waals surface area contributed by atoms with Crippen LogP contribution in [0.15, 0.2) is 18.2 Å². The van der Waals surface area contributed by atoms with Crippen LogP contribution in [0.2, 0.25) is 0 Å². The Bertz CT molecular complexity index is 684. The van der Waals surface area contributed by atoms with Crippen molar-refractivity contribution in [2.24, 2.45) is 5.92 Å². The summed E-state index contributed by atoms with van der Waals surface area (Å²) >= 11 is 0. The Morgan fingerprint density at radius 1 is 1.12 bits per heavy atom. The largest absolute Gasteiger partial charge is 0.481 e. The summed E-state index contributed by atoms with van der Waals surface area (Å²) in [5.74, 6) is -2.46. The highest BCUT2D eigenvalue weighted by Crippen LogP contribution is 2.40. The number of amides is 1. The van der Waals surface area contributed by atoms with Crippen LogP contribution >= 0.6 is 0 Å². The topological polar surface area (TPSA) is 60.9 Å². The lowest BCUT2D eigenvalue weighted by molar-refractivity contribution is -0.141. The summed E-state index contributed by atoms with van der Waals surface area (Å²) in [6, 6.07) is 3.37. The lowest BCUT2D eigenvalue weighted by atomic mass is 10.1. The summed E-state index contributed by atoms with van der Waals surface area (Å²) in [6.07, 6.45) is -1.77. The van der Waals surface area contributed by atoms with E-state index in [2.05, 4.69) is 0 Å². The van der Waals surface area contributed by atoms with Gasteiger partial charge in [-0.2, -0.15) is 13.2 Å². The summed E-state index contributed by atoms with van der Waals surface area (Å²) < 4.78 is 39.4. The number of hydrogen-bond acceptors (Lipinski definition) is 3. The average molecular weight is 356 g/mol. The Hall–Kier alpha value is -2.25. The quantitative estimate of drug-likeness (QED) is 0.904. The van der Waals surface area contributed by atoms with Gasteiger partial charge in [-0.1, -0.05) is 0 Å². The van der Waals surface area contributed by atoms with Crippen LogP contribution in [0.4, 0.5) is 24.5 Å². The predicted molar refractivity (Wildman–Crippen MR) is 85.6 cm³/mol. The van der Waals surface area contributed by atoms with Crippen molar-refractivity contribution in [3.05, 3.63) is 23.8 Å². The molecule has 2 aliphatic heterocycles. The number of nitrogens with zero attached hydrogens (tertiary/aromatic N) is 2. The van der Waals surface area contributed by atoms with E-state index >= 15 is 0 Å². The monoisotopic (exact) mass is 356 g/mol. The molecule has 0 spiro atoms. The molecule has 136 valence electrons. The number of aliphatic carboxylic acids is 1. The number of carbonyl (C=O) groups is 2. The number of halogens is 3. The lowest BCUT2D eigenvalue weighted by Crippen LogP contribution is -2.33. The van der Waals surface area contributed by atoms with Gasteiger partial charge in [0.2, 0.25) is 5.91 Å². The maximum Gasteiger partial charge on any atom is 0.416 e. The Morgan fingerprint density at radius 2 is 1.80 bits per heavy atom. The van der Waals surface area contributed by atoms with Crippen molar-refractivity contribution in [1.29, 1.82) is 0 Å². The van der Waals surface area contributed by atoms with Crippen LogP contribution in [-0.2, 0) is 15.8 Å². The van der Waals surface area contributed by atoms with Crippen LogP contribution in [0.3, 0.4) is 0 Å². The van der Waals surface area contributed by atoms with Crippen molar-refractivity contribution in [3.8, 4) is 0 Å². The molecule has 1 amide bonds. The molecule has 2 heterocycles. The number of rotatable bonds is 3. The van der Waals surface area contributed by atoms with E-state index in [1.54, 1.807) is 0 Å². The van der Waals surface area contributed by atoms with Gasteiger partial charge in [0.1, 0.15) is 0 Å². The lowest BCUT2D eigenvalue weighted by Gasteiger charge is -2.33. The second-order valence-corrected chi connectivity index (χ2v) is 6.49. The smallest absolute Gasteiger partial charge is 0.416 e. The Kier molecular flexibility index (Phi) is 4.62. The fraction of sp³-hybridized carbons (Fsp3) is 0.529. The molecule has 2 saturated heterocycles. The number of piperidine rings is 1.